The Hall–Kier alpha value is -3.06. The molecule has 0 bridgehead atoms. The molecule has 3 aromatic rings. The van der Waals surface area contributed by atoms with Gasteiger partial charge in [-0.3, -0.25) is 4.79 Å². The third kappa shape index (κ3) is 6.01. The van der Waals surface area contributed by atoms with Crippen LogP contribution in [0.4, 0.5) is 0 Å². The molecule has 2 aromatic carbocycles. The maximum atomic E-state index is 13.1. The van der Waals surface area contributed by atoms with Crippen LogP contribution in [0.15, 0.2) is 41.2 Å². The Morgan fingerprint density at radius 3 is 2.47 bits per heavy atom. The van der Waals surface area contributed by atoms with Crippen LogP contribution in [0.5, 0.6) is 11.5 Å². The topological polar surface area (TPSA) is 66.6 Å². The van der Waals surface area contributed by atoms with Crippen LogP contribution in [-0.4, -0.2) is 41.8 Å². The lowest BCUT2D eigenvalue weighted by Gasteiger charge is -2.31. The van der Waals surface area contributed by atoms with Crippen LogP contribution in [0, 0.1) is 13.8 Å². The molecule has 0 atom stereocenters. The number of ether oxygens (including phenoxy) is 2. The average molecular weight is 508 g/mol. The van der Waals surface area contributed by atoms with E-state index in [0.717, 1.165) is 52.4 Å². The number of nitrogens with one attached hydrogen (secondary N) is 2. The van der Waals surface area contributed by atoms with E-state index in [1.54, 1.807) is 14.2 Å². The molecular formula is C29H37N3O3S. The first kappa shape index (κ1) is 26.0. The van der Waals surface area contributed by atoms with Crippen molar-refractivity contribution >= 4 is 28.2 Å². The molecule has 1 saturated carbocycles. The number of methoxy groups -OCH3 is 2. The van der Waals surface area contributed by atoms with Gasteiger partial charge in [-0.2, -0.15) is 0 Å². The summed E-state index contributed by atoms with van der Waals surface area (Å²) in [5, 5.41) is 5.38. The zero-order chi connectivity index (χ0) is 25.7. The van der Waals surface area contributed by atoms with E-state index in [1.807, 2.05) is 37.3 Å². The highest BCUT2D eigenvalue weighted by Crippen LogP contribution is 2.28. The highest BCUT2D eigenvalue weighted by atomic mass is 32.1. The van der Waals surface area contributed by atoms with Gasteiger partial charge in [0.15, 0.2) is 16.6 Å². The van der Waals surface area contributed by atoms with Crippen molar-refractivity contribution in [3.63, 3.8) is 0 Å². The molecule has 36 heavy (non-hydrogen) atoms. The number of aromatic amines is 1. The van der Waals surface area contributed by atoms with Crippen LogP contribution >= 0.6 is 12.2 Å². The summed E-state index contributed by atoms with van der Waals surface area (Å²) >= 11 is 5.90. The number of thiocarbonyl (C=S) groups is 1. The molecule has 6 nitrogen and oxygen atoms in total. The van der Waals surface area contributed by atoms with Gasteiger partial charge in [-0.15, -0.1) is 0 Å². The van der Waals surface area contributed by atoms with Gasteiger partial charge in [0.1, 0.15) is 0 Å². The van der Waals surface area contributed by atoms with Crippen molar-refractivity contribution in [2.24, 2.45) is 0 Å². The van der Waals surface area contributed by atoms with Gasteiger partial charge in [0.25, 0.3) is 5.56 Å². The van der Waals surface area contributed by atoms with Gasteiger partial charge in [-0.25, -0.2) is 0 Å². The number of hydrogen-bond donors (Lipinski definition) is 2. The molecule has 1 fully saturated rings. The van der Waals surface area contributed by atoms with E-state index in [1.165, 1.54) is 19.3 Å². The predicted octanol–water partition coefficient (Wildman–Crippen LogP) is 5.41. The molecule has 1 aromatic heterocycles. The maximum absolute atomic E-state index is 13.1. The second-order valence-corrected chi connectivity index (χ2v) is 10.1. The van der Waals surface area contributed by atoms with Crippen molar-refractivity contribution in [1.82, 2.24) is 15.2 Å². The van der Waals surface area contributed by atoms with E-state index in [9.17, 15) is 4.79 Å². The van der Waals surface area contributed by atoms with Crippen molar-refractivity contribution in [2.75, 3.05) is 20.8 Å². The van der Waals surface area contributed by atoms with E-state index in [4.69, 9.17) is 21.7 Å². The number of aryl methyl sites for hydroxylation is 2. The lowest BCUT2D eigenvalue weighted by molar-refractivity contribution is 0.353. The van der Waals surface area contributed by atoms with Crippen molar-refractivity contribution in [3.8, 4) is 11.5 Å². The monoisotopic (exact) mass is 507 g/mol. The third-order valence-corrected chi connectivity index (χ3v) is 7.60. The van der Waals surface area contributed by atoms with Crippen LogP contribution in [0.3, 0.4) is 0 Å². The molecule has 0 unspecified atom stereocenters. The number of hydrogen-bond acceptors (Lipinski definition) is 4. The van der Waals surface area contributed by atoms with Crippen LogP contribution < -0.4 is 20.3 Å². The number of benzene rings is 2. The standard InChI is InChI=1S/C29H37N3O3S/c1-19-10-11-20(2)27-24(19)17-22(28(33)31-27)18-32(29(36)30-23-8-6-5-7-9-23)15-14-21-12-13-25(34-3)26(16-21)35-4/h10-13,16-17,23H,5-9,14-15,18H2,1-4H3,(H,30,36)(H,31,33). The van der Waals surface area contributed by atoms with E-state index >= 15 is 0 Å². The Balaban J connectivity index is 1.59. The minimum absolute atomic E-state index is 0.0622. The molecule has 192 valence electrons. The molecule has 0 aliphatic heterocycles. The van der Waals surface area contributed by atoms with Gasteiger partial charge in [-0.1, -0.05) is 37.5 Å². The van der Waals surface area contributed by atoms with Crippen molar-refractivity contribution < 1.29 is 9.47 Å². The van der Waals surface area contributed by atoms with E-state index in [-0.39, 0.29) is 5.56 Å². The zero-order valence-corrected chi connectivity index (χ0v) is 22.6. The molecule has 2 N–H and O–H groups in total. The first-order valence-corrected chi connectivity index (χ1v) is 13.2. The van der Waals surface area contributed by atoms with Crippen LogP contribution in [0.2, 0.25) is 0 Å². The predicted molar refractivity (Wildman–Crippen MR) is 150 cm³/mol. The molecule has 7 heteroatoms. The minimum Gasteiger partial charge on any atom is -0.493 e. The fourth-order valence-corrected chi connectivity index (χ4v) is 5.33. The summed E-state index contributed by atoms with van der Waals surface area (Å²) in [5.74, 6) is 1.42. The largest absolute Gasteiger partial charge is 0.493 e. The normalized spacial score (nSPS) is 14.0. The average Bonchev–Trinajstić information content (AvgIpc) is 2.89. The first-order valence-electron chi connectivity index (χ1n) is 12.8. The number of aromatic nitrogens is 1. The lowest BCUT2D eigenvalue weighted by atomic mass is 9.96. The van der Waals surface area contributed by atoms with Gasteiger partial charge in [0.2, 0.25) is 0 Å². The summed E-state index contributed by atoms with van der Waals surface area (Å²) in [6, 6.07) is 12.6. The summed E-state index contributed by atoms with van der Waals surface area (Å²) in [7, 11) is 3.28. The lowest BCUT2D eigenvalue weighted by Crippen LogP contribution is -2.46. The summed E-state index contributed by atoms with van der Waals surface area (Å²) in [6.07, 6.45) is 6.79. The second kappa shape index (κ2) is 11.8. The molecule has 0 amide bonds. The van der Waals surface area contributed by atoms with Crippen molar-refractivity contribution in [2.45, 2.75) is 65.0 Å². The minimum atomic E-state index is -0.0622. The van der Waals surface area contributed by atoms with Gasteiger partial charge < -0.3 is 24.7 Å². The Kier molecular flexibility index (Phi) is 8.52. The Labute approximate surface area is 219 Å². The summed E-state index contributed by atoms with van der Waals surface area (Å²) < 4.78 is 10.9. The molecule has 1 aliphatic rings. The molecule has 1 aliphatic carbocycles. The third-order valence-electron chi connectivity index (χ3n) is 7.22. The highest BCUT2D eigenvalue weighted by molar-refractivity contribution is 7.80. The zero-order valence-electron chi connectivity index (χ0n) is 21.8. The Morgan fingerprint density at radius 2 is 1.75 bits per heavy atom. The summed E-state index contributed by atoms with van der Waals surface area (Å²) in [6.45, 7) is 5.23. The second-order valence-electron chi connectivity index (χ2n) is 9.76. The van der Waals surface area contributed by atoms with Gasteiger partial charge in [0, 0.05) is 23.5 Å². The van der Waals surface area contributed by atoms with Crippen LogP contribution in [0.25, 0.3) is 10.9 Å². The van der Waals surface area contributed by atoms with Gasteiger partial charge >= 0.3 is 0 Å². The van der Waals surface area contributed by atoms with E-state index < -0.39 is 0 Å². The molecule has 0 saturated heterocycles. The van der Waals surface area contributed by atoms with Crippen LogP contribution in [-0.2, 0) is 13.0 Å². The molecule has 0 spiro atoms. The molecule has 1 heterocycles. The van der Waals surface area contributed by atoms with Crippen molar-refractivity contribution in [1.29, 1.82) is 0 Å². The number of H-pyrrole nitrogens is 1. The Morgan fingerprint density at radius 1 is 1.03 bits per heavy atom. The molecule has 4 rings (SSSR count). The number of pyridine rings is 1. The number of rotatable bonds is 8. The highest BCUT2D eigenvalue weighted by Gasteiger charge is 2.19. The van der Waals surface area contributed by atoms with E-state index in [0.29, 0.717) is 35.7 Å². The van der Waals surface area contributed by atoms with Gasteiger partial charge in [0.05, 0.1) is 26.3 Å². The van der Waals surface area contributed by atoms with E-state index in [2.05, 4.69) is 28.2 Å². The first-order chi connectivity index (χ1) is 17.4. The fraction of sp³-hybridized carbons (Fsp3) is 0.448. The van der Waals surface area contributed by atoms with Crippen molar-refractivity contribution in [3.05, 3.63) is 69.0 Å². The molecule has 0 radical (unpaired) electrons. The summed E-state index contributed by atoms with van der Waals surface area (Å²) in [5.41, 5.74) is 4.90. The quantitative estimate of drug-likeness (QED) is 0.397. The SMILES string of the molecule is COc1ccc(CCN(Cc2cc3c(C)ccc(C)c3[nH]c2=O)C(=S)NC2CCCCC2)cc1OC. The smallest absolute Gasteiger partial charge is 0.253 e. The fourth-order valence-electron chi connectivity index (χ4n) is 5.01. The van der Waals surface area contributed by atoms with Gasteiger partial charge in [-0.05, 0) is 80.2 Å². The number of nitrogens with zero attached hydrogens (tertiary/aromatic N) is 1. The molecular weight excluding hydrogens is 470 g/mol. The number of fused-ring (bicyclic) bond motifs is 1. The Bertz CT molecular complexity index is 1280. The van der Waals surface area contributed by atoms with Crippen LogP contribution in [0.1, 0.15) is 54.4 Å². The summed E-state index contributed by atoms with van der Waals surface area (Å²) in [4.78, 5) is 18.3. The maximum Gasteiger partial charge on any atom is 0.253 e.